The normalized spacial score (nSPS) is 17.3. The molecular formula is C24H25N3O3S. The molecule has 1 aliphatic rings. The monoisotopic (exact) mass is 435 g/mol. The second-order valence-corrected chi connectivity index (χ2v) is 9.45. The van der Waals surface area contributed by atoms with Gasteiger partial charge < -0.3 is 10.2 Å². The predicted octanol–water partition coefficient (Wildman–Crippen LogP) is 4.62. The number of nitrogens with one attached hydrogen (secondary N) is 1. The summed E-state index contributed by atoms with van der Waals surface area (Å²) >= 11 is 0. The molecule has 0 radical (unpaired) electrons. The Morgan fingerprint density at radius 1 is 0.871 bits per heavy atom. The Balaban J connectivity index is 1.72. The van der Waals surface area contributed by atoms with Crippen molar-refractivity contribution in [3.8, 4) is 0 Å². The van der Waals surface area contributed by atoms with Gasteiger partial charge in [0.1, 0.15) is 6.17 Å². The number of sulfonamides is 1. The summed E-state index contributed by atoms with van der Waals surface area (Å²) < 4.78 is 28.6. The smallest absolute Gasteiger partial charge is 0.308 e. The molecule has 3 aromatic carbocycles. The molecule has 3 aromatic rings. The molecule has 0 aromatic heterocycles. The Morgan fingerprint density at radius 2 is 1.48 bits per heavy atom. The van der Waals surface area contributed by atoms with Crippen molar-refractivity contribution in [3.63, 3.8) is 0 Å². The highest BCUT2D eigenvalue weighted by atomic mass is 32.2. The van der Waals surface area contributed by atoms with Gasteiger partial charge in [0.2, 0.25) is 10.0 Å². The lowest BCUT2D eigenvalue weighted by Crippen LogP contribution is -2.53. The van der Waals surface area contributed by atoms with Gasteiger partial charge in [0.05, 0.1) is 4.90 Å². The molecule has 6 nitrogen and oxygen atoms in total. The summed E-state index contributed by atoms with van der Waals surface area (Å²) in [6.07, 6.45) is -0.179. The SMILES string of the molecule is Cc1ccc(S(=O)(=O)N2CCCN(C(=O)Nc3ccccc3)C2c2ccccc2)cc1. The summed E-state index contributed by atoms with van der Waals surface area (Å²) in [7, 11) is -3.80. The largest absolute Gasteiger partial charge is 0.323 e. The number of urea groups is 1. The van der Waals surface area contributed by atoms with Crippen LogP contribution in [0.5, 0.6) is 0 Å². The highest BCUT2D eigenvalue weighted by Gasteiger charge is 2.40. The van der Waals surface area contributed by atoms with Crippen LogP contribution < -0.4 is 5.32 Å². The van der Waals surface area contributed by atoms with E-state index in [1.54, 1.807) is 41.3 Å². The summed E-state index contributed by atoms with van der Waals surface area (Å²) in [6, 6.07) is 25.0. The number of carbonyl (C=O) groups is 1. The number of anilines is 1. The molecule has 1 saturated heterocycles. The molecule has 2 amide bonds. The molecule has 1 atom stereocenters. The Kier molecular flexibility index (Phi) is 6.06. The van der Waals surface area contributed by atoms with E-state index in [1.165, 1.54) is 4.31 Å². The second kappa shape index (κ2) is 8.91. The summed E-state index contributed by atoms with van der Waals surface area (Å²) in [4.78, 5) is 15.0. The molecule has 0 aliphatic carbocycles. The number of carbonyl (C=O) groups excluding carboxylic acids is 1. The second-order valence-electron chi connectivity index (χ2n) is 7.56. The first-order valence-electron chi connectivity index (χ1n) is 10.2. The van der Waals surface area contributed by atoms with Crippen LogP contribution in [0.1, 0.15) is 23.7 Å². The molecule has 0 saturated carbocycles. The summed E-state index contributed by atoms with van der Waals surface area (Å²) in [5, 5.41) is 2.90. The van der Waals surface area contributed by atoms with E-state index in [4.69, 9.17) is 0 Å². The van der Waals surface area contributed by atoms with Crippen LogP contribution in [-0.2, 0) is 10.0 Å². The van der Waals surface area contributed by atoms with E-state index >= 15 is 0 Å². The molecule has 1 heterocycles. The van der Waals surface area contributed by atoms with Gasteiger partial charge in [-0.1, -0.05) is 66.2 Å². The molecule has 0 bridgehead atoms. The number of hydrogen-bond acceptors (Lipinski definition) is 3. The minimum atomic E-state index is -3.80. The maximum atomic E-state index is 13.6. The molecule has 1 fully saturated rings. The van der Waals surface area contributed by atoms with E-state index in [0.717, 1.165) is 11.1 Å². The fourth-order valence-electron chi connectivity index (χ4n) is 3.79. The average Bonchev–Trinajstić information content (AvgIpc) is 2.80. The van der Waals surface area contributed by atoms with Crippen LogP contribution in [-0.4, -0.2) is 36.7 Å². The van der Waals surface area contributed by atoms with Crippen LogP contribution in [0.2, 0.25) is 0 Å². The van der Waals surface area contributed by atoms with Gasteiger partial charge in [0.25, 0.3) is 0 Å². The molecule has 1 aliphatic heterocycles. The molecule has 160 valence electrons. The topological polar surface area (TPSA) is 69.7 Å². The zero-order valence-corrected chi connectivity index (χ0v) is 18.1. The van der Waals surface area contributed by atoms with Crippen molar-refractivity contribution in [2.45, 2.75) is 24.4 Å². The van der Waals surface area contributed by atoms with Crippen molar-refractivity contribution < 1.29 is 13.2 Å². The van der Waals surface area contributed by atoms with Crippen molar-refractivity contribution >= 4 is 21.7 Å². The predicted molar refractivity (Wildman–Crippen MR) is 121 cm³/mol. The van der Waals surface area contributed by atoms with Gasteiger partial charge in [0.15, 0.2) is 0 Å². The van der Waals surface area contributed by atoms with Gasteiger partial charge in [-0.3, -0.25) is 0 Å². The van der Waals surface area contributed by atoms with E-state index in [2.05, 4.69) is 5.32 Å². The first-order valence-corrected chi connectivity index (χ1v) is 11.7. The number of aryl methyl sites for hydroxylation is 1. The van der Waals surface area contributed by atoms with Crippen LogP contribution >= 0.6 is 0 Å². The van der Waals surface area contributed by atoms with Crippen LogP contribution in [0.3, 0.4) is 0 Å². The quantitative estimate of drug-likeness (QED) is 0.650. The third-order valence-electron chi connectivity index (χ3n) is 5.36. The van der Waals surface area contributed by atoms with Crippen LogP contribution in [0.25, 0.3) is 0 Å². The zero-order valence-electron chi connectivity index (χ0n) is 17.3. The minimum absolute atomic E-state index is 0.226. The molecule has 1 N–H and O–H groups in total. The maximum absolute atomic E-state index is 13.6. The van der Waals surface area contributed by atoms with Gasteiger partial charge >= 0.3 is 6.03 Å². The fraction of sp³-hybridized carbons (Fsp3) is 0.208. The number of amides is 2. The molecule has 1 unspecified atom stereocenters. The van der Waals surface area contributed by atoms with Crippen molar-refractivity contribution in [2.75, 3.05) is 18.4 Å². The van der Waals surface area contributed by atoms with E-state index < -0.39 is 16.2 Å². The molecule has 0 spiro atoms. The Hall–Kier alpha value is -3.16. The van der Waals surface area contributed by atoms with E-state index in [0.29, 0.717) is 25.2 Å². The molecule has 7 heteroatoms. The number of rotatable bonds is 4. The molecule has 31 heavy (non-hydrogen) atoms. The zero-order chi connectivity index (χ0) is 21.8. The molecular weight excluding hydrogens is 410 g/mol. The van der Waals surface area contributed by atoms with Crippen molar-refractivity contribution in [1.29, 1.82) is 0 Å². The average molecular weight is 436 g/mol. The van der Waals surface area contributed by atoms with Crippen LogP contribution in [0, 0.1) is 6.92 Å². The number of hydrogen-bond donors (Lipinski definition) is 1. The van der Waals surface area contributed by atoms with Crippen molar-refractivity contribution in [2.24, 2.45) is 0 Å². The highest BCUT2D eigenvalue weighted by Crippen LogP contribution is 2.34. The lowest BCUT2D eigenvalue weighted by Gasteiger charge is -2.43. The van der Waals surface area contributed by atoms with Crippen molar-refractivity contribution in [3.05, 3.63) is 96.1 Å². The lowest BCUT2D eigenvalue weighted by atomic mass is 10.1. The first-order chi connectivity index (χ1) is 15.0. The van der Waals surface area contributed by atoms with Crippen LogP contribution in [0.15, 0.2) is 89.8 Å². The Labute approximate surface area is 183 Å². The highest BCUT2D eigenvalue weighted by molar-refractivity contribution is 7.89. The fourth-order valence-corrected chi connectivity index (χ4v) is 5.41. The number of nitrogens with zero attached hydrogens (tertiary/aromatic N) is 2. The lowest BCUT2D eigenvalue weighted by molar-refractivity contribution is 0.0924. The van der Waals surface area contributed by atoms with Gasteiger partial charge in [-0.15, -0.1) is 0 Å². The summed E-state index contributed by atoms with van der Waals surface area (Å²) in [6.45, 7) is 2.71. The van der Waals surface area contributed by atoms with Crippen molar-refractivity contribution in [1.82, 2.24) is 9.21 Å². The number of benzene rings is 3. The standard InChI is InChI=1S/C24H25N3O3S/c1-19-13-15-22(16-14-19)31(29,30)27-18-8-17-26(23(27)20-9-4-2-5-10-20)24(28)25-21-11-6-3-7-12-21/h2-7,9-16,23H,8,17-18H2,1H3,(H,25,28). The maximum Gasteiger partial charge on any atom is 0.323 e. The summed E-state index contributed by atoms with van der Waals surface area (Å²) in [5.41, 5.74) is 2.40. The van der Waals surface area contributed by atoms with Gasteiger partial charge in [-0.2, -0.15) is 4.31 Å². The third-order valence-corrected chi connectivity index (χ3v) is 7.22. The van der Waals surface area contributed by atoms with Gasteiger partial charge in [-0.25, -0.2) is 13.2 Å². The Morgan fingerprint density at radius 3 is 2.13 bits per heavy atom. The third kappa shape index (κ3) is 4.47. The van der Waals surface area contributed by atoms with Crippen LogP contribution in [0.4, 0.5) is 10.5 Å². The number of para-hydroxylation sites is 1. The first kappa shape index (κ1) is 21.1. The summed E-state index contributed by atoms with van der Waals surface area (Å²) in [5.74, 6) is 0. The van der Waals surface area contributed by atoms with Gasteiger partial charge in [-0.05, 0) is 43.2 Å². The van der Waals surface area contributed by atoms with Gasteiger partial charge in [0, 0.05) is 18.8 Å². The molecule has 4 rings (SSSR count). The minimum Gasteiger partial charge on any atom is -0.308 e. The van der Waals surface area contributed by atoms with E-state index in [-0.39, 0.29) is 10.9 Å². The Bertz CT molecular complexity index is 1130. The van der Waals surface area contributed by atoms with E-state index in [9.17, 15) is 13.2 Å². The van der Waals surface area contributed by atoms with E-state index in [1.807, 2.05) is 55.5 Å².